The Hall–Kier alpha value is -3.74. The van der Waals surface area contributed by atoms with Crippen LogP contribution in [0.15, 0.2) is 47.1 Å². The minimum atomic E-state index is -0.404. The molecule has 4 rings (SSSR count). The molecule has 2 aromatic heterocycles. The van der Waals surface area contributed by atoms with E-state index in [0.717, 1.165) is 16.6 Å². The molecule has 0 saturated heterocycles. The normalized spacial score (nSPS) is 11.0. The fourth-order valence-corrected chi connectivity index (χ4v) is 2.99. The molecule has 4 aromatic rings. The van der Waals surface area contributed by atoms with Crippen LogP contribution in [0.1, 0.15) is 38.8 Å². The van der Waals surface area contributed by atoms with E-state index in [-0.39, 0.29) is 5.91 Å². The highest BCUT2D eigenvalue weighted by Crippen LogP contribution is 2.24. The van der Waals surface area contributed by atoms with Crippen LogP contribution in [0.4, 0.5) is 5.69 Å². The Morgan fingerprint density at radius 1 is 1.03 bits per heavy atom. The second-order valence-electron chi connectivity index (χ2n) is 6.70. The van der Waals surface area contributed by atoms with Crippen molar-refractivity contribution in [3.8, 4) is 0 Å². The van der Waals surface area contributed by atoms with Crippen molar-refractivity contribution in [2.75, 3.05) is 11.9 Å². The number of ether oxygens (including phenoxy) is 1. The number of aromatic nitrogens is 2. The first-order valence-corrected chi connectivity index (χ1v) is 9.21. The van der Waals surface area contributed by atoms with Gasteiger partial charge in [0.2, 0.25) is 5.71 Å². The van der Waals surface area contributed by atoms with Gasteiger partial charge >= 0.3 is 5.97 Å². The summed E-state index contributed by atoms with van der Waals surface area (Å²) in [7, 11) is 0. The number of hydrogen-bond donors (Lipinski definition) is 1. The zero-order chi connectivity index (χ0) is 20.5. The number of carbonyl (C=O) groups is 2. The summed E-state index contributed by atoms with van der Waals surface area (Å²) in [4.78, 5) is 33.5. The van der Waals surface area contributed by atoms with Crippen LogP contribution in [0.5, 0.6) is 0 Å². The predicted molar refractivity (Wildman–Crippen MR) is 109 cm³/mol. The van der Waals surface area contributed by atoms with Gasteiger partial charge in [0.1, 0.15) is 17.3 Å². The van der Waals surface area contributed by atoms with Crippen molar-refractivity contribution in [2.24, 2.45) is 0 Å². The summed E-state index contributed by atoms with van der Waals surface area (Å²) in [5.74, 6) is -0.774. The lowest BCUT2D eigenvalue weighted by Crippen LogP contribution is -2.12. The maximum Gasteiger partial charge on any atom is 0.338 e. The number of benzene rings is 2. The van der Waals surface area contributed by atoms with Gasteiger partial charge in [0, 0.05) is 5.69 Å². The minimum Gasteiger partial charge on any atom is -0.462 e. The molecule has 0 bridgehead atoms. The van der Waals surface area contributed by atoms with Crippen LogP contribution >= 0.6 is 0 Å². The number of rotatable bonds is 4. The van der Waals surface area contributed by atoms with Crippen LogP contribution in [0, 0.1) is 13.8 Å². The Balaban J connectivity index is 1.62. The summed E-state index contributed by atoms with van der Waals surface area (Å²) in [6.45, 7) is 6.06. The summed E-state index contributed by atoms with van der Waals surface area (Å²) in [5, 5.41) is 2.78. The molecule has 1 N–H and O–H groups in total. The van der Waals surface area contributed by atoms with Gasteiger partial charge in [-0.3, -0.25) is 4.79 Å². The molecule has 0 aliphatic carbocycles. The standard InChI is InChI=1S/C22H19N3O4/c1-4-28-22(27)14-5-7-15(8-6-14)23-20(26)16-11-29-21-19(16)24-17-9-12(2)13(3)10-18(17)25-21/h5-11H,4H2,1-3H3,(H,23,26). The van der Waals surface area contributed by atoms with E-state index in [1.165, 1.54) is 6.26 Å². The van der Waals surface area contributed by atoms with E-state index < -0.39 is 5.97 Å². The molecular formula is C22H19N3O4. The average molecular weight is 389 g/mol. The molecule has 0 aliphatic rings. The molecule has 0 spiro atoms. The zero-order valence-corrected chi connectivity index (χ0v) is 16.3. The van der Waals surface area contributed by atoms with Crippen LogP contribution in [0.25, 0.3) is 22.3 Å². The SMILES string of the molecule is CCOC(=O)c1ccc(NC(=O)c2coc3nc4cc(C)c(C)cc4nc23)cc1. The Labute approximate surface area is 166 Å². The minimum absolute atomic E-state index is 0.294. The van der Waals surface area contributed by atoms with Crippen molar-refractivity contribution in [1.82, 2.24) is 9.97 Å². The lowest BCUT2D eigenvalue weighted by Gasteiger charge is -2.06. The third-order valence-corrected chi connectivity index (χ3v) is 4.69. The number of hydrogen-bond acceptors (Lipinski definition) is 6. The van der Waals surface area contributed by atoms with Gasteiger partial charge in [-0.2, -0.15) is 0 Å². The van der Waals surface area contributed by atoms with Crippen molar-refractivity contribution in [3.05, 3.63) is 64.9 Å². The number of aryl methyl sites for hydroxylation is 2. The Morgan fingerprint density at radius 2 is 1.69 bits per heavy atom. The first-order valence-electron chi connectivity index (χ1n) is 9.21. The van der Waals surface area contributed by atoms with Gasteiger partial charge in [0.15, 0.2) is 0 Å². The van der Waals surface area contributed by atoms with Gasteiger partial charge in [-0.1, -0.05) is 0 Å². The van der Waals surface area contributed by atoms with E-state index in [1.807, 2.05) is 26.0 Å². The number of nitrogens with one attached hydrogen (secondary N) is 1. The molecule has 2 heterocycles. The monoisotopic (exact) mass is 389 g/mol. The van der Waals surface area contributed by atoms with Crippen LogP contribution in [-0.4, -0.2) is 28.5 Å². The van der Waals surface area contributed by atoms with E-state index in [4.69, 9.17) is 9.15 Å². The summed E-state index contributed by atoms with van der Waals surface area (Å²) in [5.41, 5.74) is 5.60. The topological polar surface area (TPSA) is 94.3 Å². The summed E-state index contributed by atoms with van der Waals surface area (Å²) < 4.78 is 10.4. The number of anilines is 1. The van der Waals surface area contributed by atoms with E-state index in [0.29, 0.717) is 40.2 Å². The third-order valence-electron chi connectivity index (χ3n) is 4.69. The summed E-state index contributed by atoms with van der Waals surface area (Å²) in [6.07, 6.45) is 1.35. The third kappa shape index (κ3) is 3.54. The average Bonchev–Trinajstić information content (AvgIpc) is 3.11. The number of furan rings is 1. The second-order valence-corrected chi connectivity index (χ2v) is 6.70. The molecule has 0 aliphatic heterocycles. The molecule has 0 radical (unpaired) electrons. The highest BCUT2D eigenvalue weighted by Gasteiger charge is 2.18. The molecule has 29 heavy (non-hydrogen) atoms. The number of esters is 1. The van der Waals surface area contributed by atoms with E-state index in [2.05, 4.69) is 15.3 Å². The van der Waals surface area contributed by atoms with Crippen LogP contribution in [0.3, 0.4) is 0 Å². The molecule has 0 unspecified atom stereocenters. The van der Waals surface area contributed by atoms with Gasteiger partial charge in [-0.15, -0.1) is 0 Å². The molecule has 2 aromatic carbocycles. The first-order chi connectivity index (χ1) is 14.0. The second kappa shape index (κ2) is 7.35. The smallest absolute Gasteiger partial charge is 0.338 e. The van der Waals surface area contributed by atoms with Crippen molar-refractivity contribution in [1.29, 1.82) is 0 Å². The first kappa shape index (κ1) is 18.6. The van der Waals surface area contributed by atoms with Gasteiger partial charge in [-0.25, -0.2) is 14.8 Å². The molecular weight excluding hydrogens is 370 g/mol. The molecule has 1 amide bonds. The number of fused-ring (bicyclic) bond motifs is 2. The lowest BCUT2D eigenvalue weighted by molar-refractivity contribution is 0.0526. The Bertz CT molecular complexity index is 1240. The van der Waals surface area contributed by atoms with Crippen molar-refractivity contribution < 1.29 is 18.7 Å². The molecule has 0 fully saturated rings. The van der Waals surface area contributed by atoms with Gasteiger partial charge in [-0.05, 0) is 68.3 Å². The molecule has 7 heteroatoms. The maximum atomic E-state index is 12.7. The predicted octanol–water partition coefficient (Wildman–Crippen LogP) is 4.42. The van der Waals surface area contributed by atoms with Crippen molar-refractivity contribution in [2.45, 2.75) is 20.8 Å². The Morgan fingerprint density at radius 3 is 2.34 bits per heavy atom. The van der Waals surface area contributed by atoms with Crippen LogP contribution < -0.4 is 5.32 Å². The molecule has 146 valence electrons. The fourth-order valence-electron chi connectivity index (χ4n) is 2.99. The van der Waals surface area contributed by atoms with Gasteiger partial charge < -0.3 is 14.5 Å². The lowest BCUT2D eigenvalue weighted by atomic mass is 10.1. The van der Waals surface area contributed by atoms with Crippen molar-refractivity contribution >= 4 is 39.8 Å². The van der Waals surface area contributed by atoms with Gasteiger partial charge in [0.05, 0.1) is 23.2 Å². The zero-order valence-electron chi connectivity index (χ0n) is 16.3. The van der Waals surface area contributed by atoms with Gasteiger partial charge in [0.25, 0.3) is 5.91 Å². The van der Waals surface area contributed by atoms with E-state index >= 15 is 0 Å². The summed E-state index contributed by atoms with van der Waals surface area (Å²) in [6, 6.07) is 10.4. The van der Waals surface area contributed by atoms with Crippen molar-refractivity contribution in [3.63, 3.8) is 0 Å². The molecule has 7 nitrogen and oxygen atoms in total. The van der Waals surface area contributed by atoms with Crippen LogP contribution in [0.2, 0.25) is 0 Å². The highest BCUT2D eigenvalue weighted by atomic mass is 16.5. The number of amides is 1. The number of carbonyl (C=O) groups excluding carboxylic acids is 2. The van der Waals surface area contributed by atoms with E-state index in [9.17, 15) is 9.59 Å². The van der Waals surface area contributed by atoms with E-state index in [1.54, 1.807) is 31.2 Å². The number of nitrogens with zero attached hydrogens (tertiary/aromatic N) is 2. The molecule has 0 saturated carbocycles. The Kier molecular flexibility index (Phi) is 4.72. The highest BCUT2D eigenvalue weighted by molar-refractivity contribution is 6.11. The quantitative estimate of drug-likeness (QED) is 0.519. The summed E-state index contributed by atoms with van der Waals surface area (Å²) >= 11 is 0. The fraction of sp³-hybridized carbons (Fsp3) is 0.182. The molecule has 0 atom stereocenters. The van der Waals surface area contributed by atoms with Crippen LogP contribution in [-0.2, 0) is 4.74 Å². The maximum absolute atomic E-state index is 12.7. The largest absolute Gasteiger partial charge is 0.462 e.